The summed E-state index contributed by atoms with van der Waals surface area (Å²) in [5.74, 6) is 3.25. The van der Waals surface area contributed by atoms with Crippen molar-refractivity contribution < 1.29 is 5.11 Å². The van der Waals surface area contributed by atoms with Gasteiger partial charge in [0.1, 0.15) is 0 Å². The van der Waals surface area contributed by atoms with E-state index in [9.17, 15) is 5.11 Å². The van der Waals surface area contributed by atoms with Gasteiger partial charge in [-0.2, -0.15) is 0 Å². The molecule has 0 spiro atoms. The molecule has 5 rings (SSSR count). The van der Waals surface area contributed by atoms with Crippen LogP contribution in [0.3, 0.4) is 0 Å². The van der Waals surface area contributed by atoms with Crippen LogP contribution in [0.4, 0.5) is 0 Å². The van der Waals surface area contributed by atoms with E-state index >= 15 is 0 Å². The molecule has 4 saturated carbocycles. The van der Waals surface area contributed by atoms with Gasteiger partial charge in [0.25, 0.3) is 0 Å². The molecule has 1 saturated heterocycles. The summed E-state index contributed by atoms with van der Waals surface area (Å²) in [7, 11) is 0. The van der Waals surface area contributed by atoms with Crippen molar-refractivity contribution in [2.24, 2.45) is 23.2 Å². The van der Waals surface area contributed by atoms with Crippen molar-refractivity contribution in [3.8, 4) is 0 Å². The Bertz CT molecular complexity index is 292. The largest absolute Gasteiger partial charge is 0.392 e. The van der Waals surface area contributed by atoms with Crippen LogP contribution in [0.2, 0.25) is 0 Å². The first-order chi connectivity index (χ1) is 8.71. The second-order valence-electron chi connectivity index (χ2n) is 7.91. The van der Waals surface area contributed by atoms with Crippen molar-refractivity contribution in [2.45, 2.75) is 57.5 Å². The summed E-state index contributed by atoms with van der Waals surface area (Å²) in [6, 6.07) is 0. The van der Waals surface area contributed by atoms with Crippen molar-refractivity contribution in [1.82, 2.24) is 4.90 Å². The van der Waals surface area contributed by atoms with Crippen LogP contribution >= 0.6 is 0 Å². The molecule has 0 aromatic heterocycles. The molecule has 2 nitrogen and oxygen atoms in total. The van der Waals surface area contributed by atoms with Crippen molar-refractivity contribution in [3.63, 3.8) is 0 Å². The fourth-order valence-corrected chi connectivity index (χ4v) is 6.01. The number of aliphatic hydroxyl groups excluding tert-OH is 1. The third-order valence-electron chi connectivity index (χ3n) is 6.37. The Morgan fingerprint density at radius 2 is 1.61 bits per heavy atom. The van der Waals surface area contributed by atoms with Crippen LogP contribution in [0.15, 0.2) is 0 Å². The number of nitrogens with zero attached hydrogens (tertiary/aromatic N) is 1. The van der Waals surface area contributed by atoms with E-state index in [0.29, 0.717) is 0 Å². The molecule has 0 unspecified atom stereocenters. The topological polar surface area (TPSA) is 23.5 Å². The normalized spacial score (nSPS) is 51.2. The number of β-amino-alcohol motifs (C(OH)–C–C–N with tert-alkyl or cyclic N) is 1. The Morgan fingerprint density at radius 1 is 1.00 bits per heavy atom. The summed E-state index contributed by atoms with van der Waals surface area (Å²) in [4.78, 5) is 2.50. The van der Waals surface area contributed by atoms with Gasteiger partial charge >= 0.3 is 0 Å². The van der Waals surface area contributed by atoms with E-state index in [1.807, 2.05) is 0 Å². The molecule has 0 aromatic rings. The molecular weight excluding hydrogens is 222 g/mol. The summed E-state index contributed by atoms with van der Waals surface area (Å²) in [6.45, 7) is 3.32. The van der Waals surface area contributed by atoms with Gasteiger partial charge in [-0.1, -0.05) is 0 Å². The van der Waals surface area contributed by atoms with Gasteiger partial charge in [0.05, 0.1) is 6.10 Å². The lowest BCUT2D eigenvalue weighted by Gasteiger charge is -2.57. The van der Waals surface area contributed by atoms with Crippen LogP contribution in [-0.4, -0.2) is 35.7 Å². The minimum absolute atomic E-state index is 0.0404. The number of hydrogen-bond acceptors (Lipinski definition) is 2. The molecule has 4 aliphatic carbocycles. The summed E-state index contributed by atoms with van der Waals surface area (Å²) < 4.78 is 0. The first-order valence-electron chi connectivity index (χ1n) is 8.11. The van der Waals surface area contributed by atoms with Gasteiger partial charge in [-0.3, -0.25) is 0 Å². The summed E-state index contributed by atoms with van der Waals surface area (Å²) in [5, 5.41) is 9.62. The predicted molar refractivity (Wildman–Crippen MR) is 72.3 cm³/mol. The van der Waals surface area contributed by atoms with Crippen LogP contribution in [-0.2, 0) is 0 Å². The number of hydrogen-bond donors (Lipinski definition) is 1. The van der Waals surface area contributed by atoms with Crippen molar-refractivity contribution >= 4 is 0 Å². The molecule has 0 aromatic carbocycles. The van der Waals surface area contributed by atoms with Crippen molar-refractivity contribution in [2.75, 3.05) is 19.6 Å². The van der Waals surface area contributed by atoms with E-state index in [4.69, 9.17) is 0 Å². The number of aliphatic hydroxyl groups is 1. The van der Waals surface area contributed by atoms with Gasteiger partial charge in [-0.25, -0.2) is 0 Å². The van der Waals surface area contributed by atoms with Crippen LogP contribution < -0.4 is 0 Å². The van der Waals surface area contributed by atoms with E-state index in [1.165, 1.54) is 32.2 Å². The Kier molecular flexibility index (Phi) is 2.74. The average molecular weight is 249 g/mol. The Labute approximate surface area is 111 Å². The first-order valence-corrected chi connectivity index (χ1v) is 8.11. The van der Waals surface area contributed by atoms with E-state index in [-0.39, 0.29) is 6.10 Å². The standard InChI is InChI=1S/C16H27NO/c18-15-1-3-17(11-15)4-2-16-8-12-5-13(9-16)7-14(6-12)10-16/h12-15,18H,1-11H2/t12?,13?,14?,15-,16?/m0/s1. The molecule has 4 bridgehead atoms. The monoisotopic (exact) mass is 249 g/mol. The zero-order valence-corrected chi connectivity index (χ0v) is 11.5. The summed E-state index contributed by atoms with van der Waals surface area (Å²) >= 11 is 0. The van der Waals surface area contributed by atoms with Crippen molar-refractivity contribution in [1.29, 1.82) is 0 Å². The zero-order chi connectivity index (χ0) is 12.2. The Morgan fingerprint density at radius 3 is 2.11 bits per heavy atom. The van der Waals surface area contributed by atoms with Gasteiger partial charge in [0.15, 0.2) is 0 Å². The van der Waals surface area contributed by atoms with E-state index in [0.717, 1.165) is 42.7 Å². The maximum atomic E-state index is 9.62. The highest BCUT2D eigenvalue weighted by molar-refractivity contribution is 5.01. The molecule has 1 atom stereocenters. The fourth-order valence-electron chi connectivity index (χ4n) is 6.01. The maximum absolute atomic E-state index is 9.62. The first kappa shape index (κ1) is 11.7. The lowest BCUT2D eigenvalue weighted by atomic mass is 9.49. The van der Waals surface area contributed by atoms with Crippen LogP contribution in [0.25, 0.3) is 0 Å². The third kappa shape index (κ3) is 2.02. The molecule has 18 heavy (non-hydrogen) atoms. The molecule has 5 aliphatic rings. The highest BCUT2D eigenvalue weighted by Gasteiger charge is 2.50. The Balaban J connectivity index is 1.39. The molecule has 2 heteroatoms. The number of likely N-dealkylation sites (tertiary alicyclic amines) is 1. The molecule has 102 valence electrons. The van der Waals surface area contributed by atoms with Gasteiger partial charge < -0.3 is 10.0 Å². The smallest absolute Gasteiger partial charge is 0.0679 e. The van der Waals surface area contributed by atoms with E-state index in [2.05, 4.69) is 4.90 Å². The van der Waals surface area contributed by atoms with Gasteiger partial charge in [0.2, 0.25) is 0 Å². The summed E-state index contributed by atoms with van der Waals surface area (Å²) in [5.41, 5.74) is 0.724. The van der Waals surface area contributed by atoms with E-state index < -0.39 is 0 Å². The second-order valence-corrected chi connectivity index (χ2v) is 7.91. The SMILES string of the molecule is O[C@H]1CCN(CCC23CC4CC(CC(C4)C2)C3)C1. The van der Waals surface area contributed by atoms with Gasteiger partial charge in [-0.05, 0) is 81.1 Å². The highest BCUT2D eigenvalue weighted by Crippen LogP contribution is 2.61. The lowest BCUT2D eigenvalue weighted by Crippen LogP contribution is -2.47. The maximum Gasteiger partial charge on any atom is 0.0679 e. The molecule has 5 fully saturated rings. The van der Waals surface area contributed by atoms with Crippen molar-refractivity contribution in [3.05, 3.63) is 0 Å². The highest BCUT2D eigenvalue weighted by atomic mass is 16.3. The van der Waals surface area contributed by atoms with E-state index in [1.54, 1.807) is 19.3 Å². The minimum atomic E-state index is -0.0404. The molecular formula is C16H27NO. The molecule has 1 N–H and O–H groups in total. The molecule has 0 radical (unpaired) electrons. The predicted octanol–water partition coefficient (Wildman–Crippen LogP) is 2.66. The number of rotatable bonds is 3. The molecule has 0 amide bonds. The van der Waals surface area contributed by atoms with Crippen LogP contribution in [0.1, 0.15) is 51.4 Å². The zero-order valence-electron chi connectivity index (χ0n) is 11.5. The third-order valence-corrected chi connectivity index (χ3v) is 6.37. The molecule has 1 aliphatic heterocycles. The van der Waals surface area contributed by atoms with Gasteiger partial charge in [0, 0.05) is 13.1 Å². The minimum Gasteiger partial charge on any atom is -0.392 e. The van der Waals surface area contributed by atoms with Crippen LogP contribution in [0.5, 0.6) is 0 Å². The molecule has 1 heterocycles. The summed E-state index contributed by atoms with van der Waals surface area (Å²) in [6.07, 6.45) is 11.7. The fraction of sp³-hybridized carbons (Fsp3) is 1.00. The van der Waals surface area contributed by atoms with Crippen LogP contribution in [0, 0.1) is 23.2 Å². The lowest BCUT2D eigenvalue weighted by molar-refractivity contribution is -0.0605. The quantitative estimate of drug-likeness (QED) is 0.831. The second kappa shape index (κ2) is 4.21. The Hall–Kier alpha value is -0.0800. The average Bonchev–Trinajstić information content (AvgIpc) is 2.71. The van der Waals surface area contributed by atoms with Gasteiger partial charge in [-0.15, -0.1) is 0 Å².